The number of hydrogen-bond acceptors (Lipinski definition) is 6. The van der Waals surface area contributed by atoms with Gasteiger partial charge in [-0.05, 0) is 24.1 Å². The topological polar surface area (TPSA) is 71.0 Å². The molecule has 1 aromatic carbocycles. The lowest BCUT2D eigenvalue weighted by Crippen LogP contribution is -2.64. The van der Waals surface area contributed by atoms with E-state index in [1.807, 2.05) is 13.0 Å². The molecule has 3 atom stereocenters. The molecule has 0 radical (unpaired) electrons. The average Bonchev–Trinajstić information content (AvgIpc) is 2.90. The van der Waals surface area contributed by atoms with Gasteiger partial charge in [0.25, 0.3) is 0 Å². The molecule has 3 heterocycles. The van der Waals surface area contributed by atoms with Crippen molar-refractivity contribution in [3.63, 3.8) is 0 Å². The lowest BCUT2D eigenvalue weighted by Gasteiger charge is -2.46. The minimum atomic E-state index is -0.572. The maximum absolute atomic E-state index is 11.6. The number of cyclic esters (lactones) is 1. The van der Waals surface area contributed by atoms with Crippen molar-refractivity contribution in [1.29, 1.82) is 0 Å². The van der Waals surface area contributed by atoms with Crippen LogP contribution < -0.4 is 5.32 Å². The number of carbonyl (C=O) groups is 1. The number of morpholine rings is 1. The van der Waals surface area contributed by atoms with Crippen molar-refractivity contribution in [3.05, 3.63) is 34.4 Å². The van der Waals surface area contributed by atoms with Crippen LogP contribution in [-0.2, 0) is 16.1 Å². The van der Waals surface area contributed by atoms with Crippen LogP contribution in [0.5, 0.6) is 0 Å². The van der Waals surface area contributed by atoms with E-state index in [9.17, 15) is 9.90 Å². The fraction of sp³-hybridized carbons (Fsp3) is 0.588. The second-order valence-corrected chi connectivity index (χ2v) is 6.60. The first kappa shape index (κ1) is 17.6. The number of aliphatic hydroxyl groups is 1. The monoisotopic (exact) mass is 354 g/mol. The van der Waals surface area contributed by atoms with Crippen LogP contribution in [0.25, 0.3) is 0 Å². The second-order valence-electron chi connectivity index (χ2n) is 6.60. The summed E-state index contributed by atoms with van der Waals surface area (Å²) in [6, 6.07) is 4.27. The summed E-state index contributed by atoms with van der Waals surface area (Å²) in [6.45, 7) is 6.08. The Labute approximate surface area is 147 Å². The fourth-order valence-electron chi connectivity index (χ4n) is 3.92. The summed E-state index contributed by atoms with van der Waals surface area (Å²) in [5.41, 5.74) is 3.40. The Kier molecular flexibility index (Phi) is 5.13. The molecule has 4 rings (SSSR count). The molecule has 0 amide bonds. The van der Waals surface area contributed by atoms with Gasteiger partial charge in [-0.3, -0.25) is 4.90 Å². The van der Waals surface area contributed by atoms with Gasteiger partial charge in [-0.25, -0.2) is 4.79 Å². The van der Waals surface area contributed by atoms with Crippen LogP contribution in [0, 0.1) is 6.92 Å². The molecule has 24 heavy (non-hydrogen) atoms. The third kappa shape index (κ3) is 2.93. The number of piperazine rings is 1. The van der Waals surface area contributed by atoms with Crippen LogP contribution in [0.3, 0.4) is 0 Å². The highest BCUT2D eigenvalue weighted by atomic mass is 35.5. The minimum Gasteiger partial charge on any atom is -0.457 e. The zero-order valence-corrected chi connectivity index (χ0v) is 14.5. The number of esters is 1. The zero-order valence-electron chi connectivity index (χ0n) is 13.7. The van der Waals surface area contributed by atoms with E-state index in [0.29, 0.717) is 44.0 Å². The number of halogens is 1. The molecule has 0 aromatic heterocycles. The lowest BCUT2D eigenvalue weighted by atomic mass is 9.94. The summed E-state index contributed by atoms with van der Waals surface area (Å²) >= 11 is 0. The molecule has 2 N–H and O–H groups in total. The van der Waals surface area contributed by atoms with Crippen LogP contribution in [0.2, 0.25) is 0 Å². The second kappa shape index (κ2) is 6.98. The fourth-order valence-corrected chi connectivity index (χ4v) is 3.92. The first-order chi connectivity index (χ1) is 11.1. The molecule has 0 aliphatic carbocycles. The molecule has 7 heteroatoms. The van der Waals surface area contributed by atoms with E-state index in [1.165, 1.54) is 0 Å². The van der Waals surface area contributed by atoms with Crippen molar-refractivity contribution in [3.8, 4) is 0 Å². The molecule has 2 fully saturated rings. The molecular weight excluding hydrogens is 332 g/mol. The Hall–Kier alpha value is -1.18. The molecule has 2 bridgehead atoms. The van der Waals surface area contributed by atoms with E-state index < -0.39 is 6.10 Å². The van der Waals surface area contributed by atoms with Crippen LogP contribution >= 0.6 is 12.4 Å². The summed E-state index contributed by atoms with van der Waals surface area (Å²) in [5, 5.41) is 14.2. The molecule has 2 unspecified atom stereocenters. The quantitative estimate of drug-likeness (QED) is 0.782. The number of hydrogen-bond donors (Lipinski definition) is 2. The summed E-state index contributed by atoms with van der Waals surface area (Å²) in [5.74, 6) is -0.266. The highest BCUT2D eigenvalue weighted by Crippen LogP contribution is 2.30. The molecule has 0 spiro atoms. The minimum absolute atomic E-state index is 0. The van der Waals surface area contributed by atoms with Crippen LogP contribution in [0.1, 0.15) is 33.2 Å². The Morgan fingerprint density at radius 2 is 2.04 bits per heavy atom. The van der Waals surface area contributed by atoms with Crippen LogP contribution in [-0.4, -0.2) is 60.9 Å². The van der Waals surface area contributed by atoms with E-state index in [-0.39, 0.29) is 18.4 Å². The number of nitrogens with zero attached hydrogens (tertiary/aromatic N) is 1. The largest absolute Gasteiger partial charge is 0.457 e. The predicted molar refractivity (Wildman–Crippen MR) is 90.5 cm³/mol. The number of rotatable bonds is 3. The number of fused-ring (bicyclic) bond motifs is 3. The predicted octanol–water partition coefficient (Wildman–Crippen LogP) is 0.793. The van der Waals surface area contributed by atoms with Gasteiger partial charge >= 0.3 is 5.97 Å². The van der Waals surface area contributed by atoms with Gasteiger partial charge in [-0.2, -0.15) is 0 Å². The van der Waals surface area contributed by atoms with E-state index in [2.05, 4.69) is 10.2 Å². The third-order valence-electron chi connectivity index (χ3n) is 5.27. The van der Waals surface area contributed by atoms with Gasteiger partial charge in [0.05, 0.1) is 24.9 Å². The first-order valence-electron chi connectivity index (χ1n) is 8.17. The van der Waals surface area contributed by atoms with E-state index in [1.54, 1.807) is 6.07 Å². The zero-order chi connectivity index (χ0) is 16.0. The van der Waals surface area contributed by atoms with Gasteiger partial charge in [-0.1, -0.05) is 6.07 Å². The van der Waals surface area contributed by atoms with Crippen molar-refractivity contribution in [2.45, 2.75) is 31.7 Å². The molecule has 6 nitrogen and oxygen atoms in total. The summed E-state index contributed by atoms with van der Waals surface area (Å²) in [4.78, 5) is 14.0. The Morgan fingerprint density at radius 3 is 2.75 bits per heavy atom. The van der Waals surface area contributed by atoms with Gasteiger partial charge in [0.2, 0.25) is 0 Å². The normalized spacial score (nSPS) is 27.2. The summed E-state index contributed by atoms with van der Waals surface area (Å²) < 4.78 is 10.7. The van der Waals surface area contributed by atoms with E-state index in [4.69, 9.17) is 9.47 Å². The third-order valence-corrected chi connectivity index (χ3v) is 5.27. The molecule has 3 aliphatic rings. The number of benzene rings is 1. The summed E-state index contributed by atoms with van der Waals surface area (Å²) in [7, 11) is 0. The number of nitrogens with one attached hydrogen (secondary N) is 1. The Bertz CT molecular complexity index is 617. The van der Waals surface area contributed by atoms with Crippen molar-refractivity contribution < 1.29 is 19.4 Å². The highest BCUT2D eigenvalue weighted by molar-refractivity contribution is 5.93. The molecular formula is C17H23ClN2O4. The lowest BCUT2D eigenvalue weighted by molar-refractivity contribution is -0.0792. The van der Waals surface area contributed by atoms with Gasteiger partial charge < -0.3 is 19.9 Å². The smallest absolute Gasteiger partial charge is 0.338 e. The van der Waals surface area contributed by atoms with Crippen molar-refractivity contribution in [1.82, 2.24) is 10.2 Å². The van der Waals surface area contributed by atoms with E-state index >= 15 is 0 Å². The van der Waals surface area contributed by atoms with Crippen molar-refractivity contribution in [2.75, 3.05) is 32.8 Å². The highest BCUT2D eigenvalue weighted by Gasteiger charge is 2.36. The number of aliphatic hydroxyl groups excluding tert-OH is 1. The summed E-state index contributed by atoms with van der Waals surface area (Å²) in [6.07, 6.45) is -0.572. The SMILES string of the molecule is Cc1c([C@@H](O)CN2C3CNCC2COC3)ccc2c1COC2=O.Cl. The molecule has 2 saturated heterocycles. The maximum Gasteiger partial charge on any atom is 0.338 e. The van der Waals surface area contributed by atoms with Gasteiger partial charge in [0, 0.05) is 37.3 Å². The van der Waals surface area contributed by atoms with Crippen molar-refractivity contribution >= 4 is 18.4 Å². The Balaban J connectivity index is 0.00000169. The Morgan fingerprint density at radius 1 is 1.33 bits per heavy atom. The molecule has 1 aromatic rings. The van der Waals surface area contributed by atoms with Crippen molar-refractivity contribution in [2.24, 2.45) is 0 Å². The molecule has 0 saturated carbocycles. The molecule has 132 valence electrons. The number of carbonyl (C=O) groups excluding carboxylic acids is 1. The maximum atomic E-state index is 11.6. The van der Waals surface area contributed by atoms with Crippen LogP contribution in [0.4, 0.5) is 0 Å². The standard InChI is InChI=1S/C17H22N2O4.ClH/c1-10-13(2-3-14-15(10)9-23-17(14)21)16(20)6-19-11-4-18-5-12(19)8-22-7-11;/h2-3,11-12,16,18,20H,4-9H2,1H3;1H/t11?,12?,16-;/m0./s1. The van der Waals surface area contributed by atoms with Gasteiger partial charge in [0.1, 0.15) is 6.61 Å². The average molecular weight is 355 g/mol. The van der Waals surface area contributed by atoms with Gasteiger partial charge in [0.15, 0.2) is 0 Å². The van der Waals surface area contributed by atoms with Gasteiger partial charge in [-0.15, -0.1) is 12.4 Å². The van der Waals surface area contributed by atoms with E-state index in [0.717, 1.165) is 29.8 Å². The first-order valence-corrected chi connectivity index (χ1v) is 8.17. The molecule has 3 aliphatic heterocycles. The number of ether oxygens (including phenoxy) is 2. The van der Waals surface area contributed by atoms with Crippen LogP contribution in [0.15, 0.2) is 12.1 Å².